The maximum atomic E-state index is 14.3. The van der Waals surface area contributed by atoms with Gasteiger partial charge in [0, 0.05) is 27.5 Å². The third-order valence-electron chi connectivity index (χ3n) is 9.11. The molecular weight excluding hydrogens is 608 g/mol. The molecule has 1 aliphatic heterocycles. The maximum Gasteiger partial charge on any atom is 0.344 e. The molecule has 2 aliphatic rings. The molecule has 1 heterocycles. The molecule has 0 unspecified atom stereocenters. The van der Waals surface area contributed by atoms with Gasteiger partial charge in [0.1, 0.15) is 34.7 Å². The largest absolute Gasteiger partial charge is 0.497 e. The molecule has 48 heavy (non-hydrogen) atoms. The van der Waals surface area contributed by atoms with Gasteiger partial charge in [0.05, 0.1) is 20.8 Å². The third kappa shape index (κ3) is 6.70. The number of carbonyl (C=O) groups excluding carboxylic acids is 2. The highest BCUT2D eigenvalue weighted by molar-refractivity contribution is 6.09. The summed E-state index contributed by atoms with van der Waals surface area (Å²) in [6, 6.07) is 23.1. The van der Waals surface area contributed by atoms with Crippen LogP contribution < -0.4 is 18.9 Å². The van der Waals surface area contributed by atoms with Gasteiger partial charge in [-0.05, 0) is 69.0 Å². The molecule has 0 N–H and O–H groups in total. The zero-order valence-electron chi connectivity index (χ0n) is 27.8. The first-order valence-electron chi connectivity index (χ1n) is 16.7. The van der Waals surface area contributed by atoms with E-state index < -0.39 is 17.5 Å². The zero-order valence-corrected chi connectivity index (χ0v) is 27.8. The van der Waals surface area contributed by atoms with Crippen molar-refractivity contribution in [3.63, 3.8) is 0 Å². The Morgan fingerprint density at radius 2 is 1.38 bits per heavy atom. The summed E-state index contributed by atoms with van der Waals surface area (Å²) in [5, 5.41) is 1.35. The van der Waals surface area contributed by atoms with Crippen LogP contribution in [0.1, 0.15) is 78.9 Å². The van der Waals surface area contributed by atoms with E-state index in [1.165, 1.54) is 6.42 Å². The van der Waals surface area contributed by atoms with E-state index in [0.29, 0.717) is 16.7 Å². The average Bonchev–Trinajstić information content (AvgIpc) is 3.11. The molecule has 8 nitrogen and oxygen atoms in total. The number of hydrogen-bond acceptors (Lipinski definition) is 8. The van der Waals surface area contributed by atoms with Crippen LogP contribution in [0.2, 0.25) is 0 Å². The molecule has 6 rings (SSSR count). The van der Waals surface area contributed by atoms with E-state index in [4.69, 9.17) is 28.4 Å². The van der Waals surface area contributed by atoms with Crippen molar-refractivity contribution in [1.29, 1.82) is 0 Å². The SMILES string of the molecule is CCOC(=O)COc1c(C(=O)OC2CCCCCCC2)c2c(c3ccccc13)OC(c1ccc(OC)cc1)(c1ccc(OC)cc1)C=C2. The lowest BCUT2D eigenvalue weighted by molar-refractivity contribution is -0.145. The van der Waals surface area contributed by atoms with Gasteiger partial charge in [-0.25, -0.2) is 9.59 Å². The van der Waals surface area contributed by atoms with Crippen LogP contribution in [-0.4, -0.2) is 45.5 Å². The normalized spacial score (nSPS) is 15.7. The Hall–Kier alpha value is -4.98. The highest BCUT2D eigenvalue weighted by atomic mass is 16.6. The second-order valence-corrected chi connectivity index (χ2v) is 12.1. The van der Waals surface area contributed by atoms with Crippen LogP contribution in [0.5, 0.6) is 23.0 Å². The molecule has 4 aromatic carbocycles. The minimum absolute atomic E-state index is 0.205. The van der Waals surface area contributed by atoms with Crippen LogP contribution in [0.15, 0.2) is 78.9 Å². The summed E-state index contributed by atoms with van der Waals surface area (Å²) in [5.74, 6) is 1.18. The monoisotopic (exact) mass is 650 g/mol. The van der Waals surface area contributed by atoms with Crippen LogP contribution in [0.25, 0.3) is 16.8 Å². The second-order valence-electron chi connectivity index (χ2n) is 12.1. The van der Waals surface area contributed by atoms with Gasteiger partial charge >= 0.3 is 11.9 Å². The Labute approximate surface area is 281 Å². The molecular formula is C40H42O8. The molecule has 250 valence electrons. The summed E-state index contributed by atoms with van der Waals surface area (Å²) in [6.07, 6.45) is 10.8. The minimum atomic E-state index is -1.07. The molecule has 0 saturated heterocycles. The van der Waals surface area contributed by atoms with Crippen LogP contribution in [-0.2, 0) is 19.9 Å². The van der Waals surface area contributed by atoms with E-state index in [0.717, 1.165) is 66.5 Å². The summed E-state index contributed by atoms with van der Waals surface area (Å²) in [7, 11) is 3.26. The van der Waals surface area contributed by atoms with Crippen LogP contribution >= 0.6 is 0 Å². The number of rotatable bonds is 10. The smallest absolute Gasteiger partial charge is 0.344 e. The number of ether oxygens (including phenoxy) is 6. The zero-order chi connectivity index (χ0) is 33.5. The lowest BCUT2D eigenvalue weighted by Crippen LogP contribution is -2.35. The molecule has 0 spiro atoms. The Morgan fingerprint density at radius 1 is 0.792 bits per heavy atom. The minimum Gasteiger partial charge on any atom is -0.497 e. The van der Waals surface area contributed by atoms with Gasteiger partial charge in [-0.15, -0.1) is 0 Å². The Balaban J connectivity index is 1.53. The van der Waals surface area contributed by atoms with Crippen molar-refractivity contribution in [3.05, 3.63) is 101 Å². The van der Waals surface area contributed by atoms with Crippen molar-refractivity contribution in [3.8, 4) is 23.0 Å². The van der Waals surface area contributed by atoms with Crippen molar-refractivity contribution in [2.75, 3.05) is 27.4 Å². The first-order chi connectivity index (χ1) is 23.5. The van der Waals surface area contributed by atoms with Gasteiger partial charge in [-0.3, -0.25) is 0 Å². The standard InChI is InChI=1S/C40H42O8/c1-4-45-35(41)26-46-38-33-15-11-10-14-32(33)37-34(36(38)39(42)47-31-12-8-6-5-7-9-13-31)24-25-40(48-37,27-16-20-29(43-2)21-17-27)28-18-22-30(44-3)23-19-28/h10-11,14-25,31H,4-9,12-13,26H2,1-3H3. The number of esters is 2. The fourth-order valence-electron chi connectivity index (χ4n) is 6.65. The molecule has 0 radical (unpaired) electrons. The van der Waals surface area contributed by atoms with Crippen LogP contribution in [0.4, 0.5) is 0 Å². The summed E-state index contributed by atoms with van der Waals surface area (Å²) in [4.78, 5) is 26.8. The number of fused-ring (bicyclic) bond motifs is 3. The Bertz CT molecular complexity index is 1720. The van der Waals surface area contributed by atoms with E-state index in [9.17, 15) is 9.59 Å². The fourth-order valence-corrected chi connectivity index (χ4v) is 6.65. The van der Waals surface area contributed by atoms with E-state index >= 15 is 0 Å². The first kappa shape index (κ1) is 32.9. The average molecular weight is 651 g/mol. The molecule has 0 aromatic heterocycles. The van der Waals surface area contributed by atoms with E-state index in [1.54, 1.807) is 21.1 Å². The predicted molar refractivity (Wildman–Crippen MR) is 184 cm³/mol. The van der Waals surface area contributed by atoms with Gasteiger partial charge < -0.3 is 28.4 Å². The molecule has 0 bridgehead atoms. The second kappa shape index (κ2) is 14.8. The highest BCUT2D eigenvalue weighted by Crippen LogP contribution is 2.50. The lowest BCUT2D eigenvalue weighted by atomic mass is 9.82. The van der Waals surface area contributed by atoms with Crippen molar-refractivity contribution >= 4 is 28.8 Å². The molecule has 1 fully saturated rings. The highest BCUT2D eigenvalue weighted by Gasteiger charge is 2.40. The molecule has 0 atom stereocenters. The molecule has 8 heteroatoms. The van der Waals surface area contributed by atoms with Crippen molar-refractivity contribution in [2.45, 2.75) is 63.6 Å². The van der Waals surface area contributed by atoms with E-state index in [-0.39, 0.29) is 30.6 Å². The van der Waals surface area contributed by atoms with Crippen molar-refractivity contribution < 1.29 is 38.0 Å². The van der Waals surface area contributed by atoms with Crippen LogP contribution in [0.3, 0.4) is 0 Å². The van der Waals surface area contributed by atoms with Gasteiger partial charge in [-0.1, -0.05) is 67.8 Å². The van der Waals surface area contributed by atoms with Gasteiger partial charge in [-0.2, -0.15) is 0 Å². The molecule has 4 aromatic rings. The number of benzene rings is 4. The van der Waals surface area contributed by atoms with Crippen molar-refractivity contribution in [1.82, 2.24) is 0 Å². The predicted octanol–water partition coefficient (Wildman–Crippen LogP) is 8.42. The number of carbonyl (C=O) groups is 2. The van der Waals surface area contributed by atoms with E-state index in [2.05, 4.69) is 0 Å². The molecule has 1 aliphatic carbocycles. The summed E-state index contributed by atoms with van der Waals surface area (Å²) in [5.41, 5.74) is 1.41. The molecule has 1 saturated carbocycles. The summed E-state index contributed by atoms with van der Waals surface area (Å²) in [6.45, 7) is 1.61. The van der Waals surface area contributed by atoms with Crippen LogP contribution in [0, 0.1) is 0 Å². The first-order valence-corrected chi connectivity index (χ1v) is 16.7. The summed E-state index contributed by atoms with van der Waals surface area (Å²) < 4.78 is 35.6. The van der Waals surface area contributed by atoms with Gasteiger partial charge in [0.2, 0.25) is 0 Å². The topological polar surface area (TPSA) is 89.5 Å². The van der Waals surface area contributed by atoms with Gasteiger partial charge in [0.15, 0.2) is 12.2 Å². The summed E-state index contributed by atoms with van der Waals surface area (Å²) >= 11 is 0. The van der Waals surface area contributed by atoms with Gasteiger partial charge in [0.25, 0.3) is 0 Å². The van der Waals surface area contributed by atoms with Crippen molar-refractivity contribution in [2.24, 2.45) is 0 Å². The third-order valence-corrected chi connectivity index (χ3v) is 9.11. The molecule has 0 amide bonds. The fraction of sp³-hybridized carbons (Fsp3) is 0.350. The quantitative estimate of drug-likeness (QED) is 0.158. The maximum absolute atomic E-state index is 14.3. The van der Waals surface area contributed by atoms with E-state index in [1.807, 2.05) is 84.9 Å². The number of methoxy groups -OCH3 is 2. The number of hydrogen-bond donors (Lipinski definition) is 0. The Kier molecular flexibility index (Phi) is 10.2. The lowest BCUT2D eigenvalue weighted by Gasteiger charge is -2.37. The Morgan fingerprint density at radius 3 is 1.96 bits per heavy atom.